The molecule has 0 heterocycles. The first-order valence-electron chi connectivity index (χ1n) is 2.78. The van der Waals surface area contributed by atoms with Crippen LogP contribution in [0.4, 0.5) is 0 Å². The Kier molecular flexibility index (Phi) is 2.82. The maximum atomic E-state index is 7.87. The zero-order chi connectivity index (χ0) is 7.33. The number of nitrogens with zero attached hydrogens (tertiary/aromatic N) is 3. The van der Waals surface area contributed by atoms with E-state index in [0.717, 1.165) is 0 Å². The van der Waals surface area contributed by atoms with Gasteiger partial charge in [-0.3, -0.25) is 0 Å². The molecule has 0 unspecified atom stereocenters. The maximum absolute atomic E-state index is 7.87. The van der Waals surface area contributed by atoms with Crippen LogP contribution in [0.15, 0.2) is 17.4 Å². The Bertz CT molecular complexity index is 146. The van der Waals surface area contributed by atoms with Crippen LogP contribution in [0.25, 0.3) is 10.4 Å². The molecule has 50 valence electrons. The lowest BCUT2D eigenvalue weighted by molar-refractivity contribution is 0.543. The molecule has 0 aliphatic rings. The molecule has 0 bridgehead atoms. The Morgan fingerprint density at radius 1 is 1.44 bits per heavy atom. The van der Waals surface area contributed by atoms with Crippen molar-refractivity contribution in [2.24, 2.45) is 10.5 Å². The van der Waals surface area contributed by atoms with Crippen LogP contribution in [0.3, 0.4) is 0 Å². The molecule has 0 N–H and O–H groups in total. The van der Waals surface area contributed by atoms with E-state index in [2.05, 4.69) is 10.0 Å². The highest BCUT2D eigenvalue weighted by molar-refractivity contribution is 4.90. The summed E-state index contributed by atoms with van der Waals surface area (Å²) in [7, 11) is 0. The van der Waals surface area contributed by atoms with Crippen molar-refractivity contribution in [3.05, 3.63) is 22.7 Å². The molecule has 3 heteroatoms. The average Bonchev–Trinajstić information content (AvgIpc) is 1.63. The summed E-state index contributed by atoms with van der Waals surface area (Å²) in [5, 5.41) is 3.26. The molecule has 3 nitrogen and oxygen atoms in total. The van der Waals surface area contributed by atoms with E-state index in [0.29, 0.717) is 0 Å². The molecule has 0 atom stereocenters. The average molecular weight is 125 g/mol. The minimum atomic E-state index is 0.105. The predicted octanol–water partition coefficient (Wildman–Crippen LogP) is 2.86. The first kappa shape index (κ1) is 8.05. The van der Waals surface area contributed by atoms with E-state index in [1.807, 2.05) is 26.8 Å². The summed E-state index contributed by atoms with van der Waals surface area (Å²) in [6.07, 6.45) is 3.33. The highest BCUT2D eigenvalue weighted by atomic mass is 15.1. The summed E-state index contributed by atoms with van der Waals surface area (Å²) in [6, 6.07) is 0. The Morgan fingerprint density at radius 2 is 2.00 bits per heavy atom. The summed E-state index contributed by atoms with van der Waals surface area (Å²) in [5.41, 5.74) is 7.98. The summed E-state index contributed by atoms with van der Waals surface area (Å²) in [6.45, 7) is 6.11. The van der Waals surface area contributed by atoms with Crippen LogP contribution < -0.4 is 0 Å². The zero-order valence-electron chi connectivity index (χ0n) is 6.00. The molecule has 0 aromatic carbocycles. The number of azide groups is 1. The topological polar surface area (TPSA) is 48.8 Å². The molecule has 0 saturated carbocycles. The second-order valence-electron chi connectivity index (χ2n) is 2.89. The second kappa shape index (κ2) is 3.15. The van der Waals surface area contributed by atoms with E-state index >= 15 is 0 Å². The predicted molar refractivity (Wildman–Crippen MR) is 37.7 cm³/mol. The largest absolute Gasteiger partial charge is 0.0769 e. The van der Waals surface area contributed by atoms with Gasteiger partial charge in [0.25, 0.3) is 0 Å². The van der Waals surface area contributed by atoms with Crippen molar-refractivity contribution in [3.8, 4) is 0 Å². The normalized spacial score (nSPS) is 11.4. The van der Waals surface area contributed by atoms with Gasteiger partial charge in [-0.05, 0) is 17.1 Å². The van der Waals surface area contributed by atoms with E-state index in [9.17, 15) is 0 Å². The molecule has 0 aliphatic heterocycles. The summed E-state index contributed by atoms with van der Waals surface area (Å²) in [5.74, 6) is 0. The van der Waals surface area contributed by atoms with Crippen molar-refractivity contribution in [3.63, 3.8) is 0 Å². The Hall–Kier alpha value is -0.950. The summed E-state index contributed by atoms with van der Waals surface area (Å²) in [4.78, 5) is 2.58. The van der Waals surface area contributed by atoms with Crippen molar-refractivity contribution < 1.29 is 0 Å². The highest BCUT2D eigenvalue weighted by Crippen LogP contribution is 2.13. The molecular weight excluding hydrogens is 114 g/mol. The van der Waals surface area contributed by atoms with E-state index in [-0.39, 0.29) is 5.41 Å². The van der Waals surface area contributed by atoms with Crippen molar-refractivity contribution in [1.82, 2.24) is 0 Å². The van der Waals surface area contributed by atoms with E-state index in [1.54, 1.807) is 0 Å². The molecular formula is C6H11N3. The molecule has 0 saturated heterocycles. The van der Waals surface area contributed by atoms with Crippen LogP contribution in [0.5, 0.6) is 0 Å². The number of hydrogen-bond acceptors (Lipinski definition) is 1. The first-order chi connectivity index (χ1) is 4.06. The zero-order valence-corrected chi connectivity index (χ0v) is 6.00. The van der Waals surface area contributed by atoms with Gasteiger partial charge in [0.05, 0.1) is 0 Å². The van der Waals surface area contributed by atoms with E-state index in [1.165, 1.54) is 6.20 Å². The van der Waals surface area contributed by atoms with Crippen LogP contribution in [0, 0.1) is 5.41 Å². The third-order valence-electron chi connectivity index (χ3n) is 0.693. The van der Waals surface area contributed by atoms with Gasteiger partial charge in [-0.15, -0.1) is 0 Å². The van der Waals surface area contributed by atoms with Gasteiger partial charge in [0.2, 0.25) is 0 Å². The maximum Gasteiger partial charge on any atom is 0.00474 e. The number of rotatable bonds is 1. The molecule has 0 rings (SSSR count). The van der Waals surface area contributed by atoms with Crippen LogP contribution in [0.1, 0.15) is 20.8 Å². The molecule has 0 fully saturated rings. The van der Waals surface area contributed by atoms with Gasteiger partial charge < -0.3 is 0 Å². The molecule has 0 amide bonds. The highest BCUT2D eigenvalue weighted by Gasteiger charge is 2.01. The second-order valence-corrected chi connectivity index (χ2v) is 2.89. The fourth-order valence-corrected chi connectivity index (χ4v) is 0.287. The van der Waals surface area contributed by atoms with Crippen LogP contribution in [0.2, 0.25) is 0 Å². The molecule has 0 aliphatic carbocycles. The van der Waals surface area contributed by atoms with Gasteiger partial charge in [-0.25, -0.2) is 0 Å². The lowest BCUT2D eigenvalue weighted by atomic mass is 9.97. The monoisotopic (exact) mass is 125 g/mol. The van der Waals surface area contributed by atoms with Gasteiger partial charge in [-0.1, -0.05) is 32.0 Å². The number of allylic oxidation sites excluding steroid dienone is 1. The van der Waals surface area contributed by atoms with Gasteiger partial charge in [0.15, 0.2) is 0 Å². The Morgan fingerprint density at radius 3 is 2.33 bits per heavy atom. The number of hydrogen-bond donors (Lipinski definition) is 0. The molecule has 0 aromatic heterocycles. The van der Waals surface area contributed by atoms with Crippen molar-refractivity contribution in [2.75, 3.05) is 0 Å². The minimum absolute atomic E-state index is 0.105. The van der Waals surface area contributed by atoms with Crippen molar-refractivity contribution in [1.29, 1.82) is 0 Å². The summed E-state index contributed by atoms with van der Waals surface area (Å²) >= 11 is 0. The third kappa shape index (κ3) is 7.05. The van der Waals surface area contributed by atoms with E-state index in [4.69, 9.17) is 5.53 Å². The van der Waals surface area contributed by atoms with Gasteiger partial charge >= 0.3 is 0 Å². The first-order valence-corrected chi connectivity index (χ1v) is 2.78. The molecule has 0 aromatic rings. The van der Waals surface area contributed by atoms with Gasteiger partial charge in [-0.2, -0.15) is 0 Å². The standard InChI is InChI=1S/C6H11N3/c1-6(2,3)4-5-8-9-7/h4-5H,1-3H3. The lowest BCUT2D eigenvalue weighted by Gasteiger charge is -2.09. The Labute approximate surface area is 55.0 Å². The quantitative estimate of drug-likeness (QED) is 0.294. The van der Waals surface area contributed by atoms with Crippen LogP contribution >= 0.6 is 0 Å². The van der Waals surface area contributed by atoms with Gasteiger partial charge in [0, 0.05) is 4.91 Å². The van der Waals surface area contributed by atoms with Crippen molar-refractivity contribution in [2.45, 2.75) is 20.8 Å². The van der Waals surface area contributed by atoms with Crippen molar-refractivity contribution >= 4 is 0 Å². The van der Waals surface area contributed by atoms with Crippen LogP contribution in [-0.4, -0.2) is 0 Å². The Balaban J connectivity index is 3.85. The molecule has 0 radical (unpaired) electrons. The van der Waals surface area contributed by atoms with E-state index < -0.39 is 0 Å². The summed E-state index contributed by atoms with van der Waals surface area (Å²) < 4.78 is 0. The minimum Gasteiger partial charge on any atom is -0.0769 e. The fraction of sp³-hybridized carbons (Fsp3) is 0.667. The smallest absolute Gasteiger partial charge is 0.00474 e. The lowest BCUT2D eigenvalue weighted by Crippen LogP contribution is -1.97. The molecule has 9 heavy (non-hydrogen) atoms. The van der Waals surface area contributed by atoms with Crippen LogP contribution in [-0.2, 0) is 0 Å². The molecule has 0 spiro atoms. The SMILES string of the molecule is CC(C)(C)C=CN=[N+]=[N-]. The van der Waals surface area contributed by atoms with Gasteiger partial charge in [0.1, 0.15) is 0 Å². The third-order valence-corrected chi connectivity index (χ3v) is 0.693. The fourth-order valence-electron chi connectivity index (χ4n) is 0.287.